The van der Waals surface area contributed by atoms with Gasteiger partial charge in [0.2, 0.25) is 5.88 Å². The van der Waals surface area contributed by atoms with Crippen LogP contribution in [0, 0.1) is 11.3 Å². The Hall–Kier alpha value is -3.99. The summed E-state index contributed by atoms with van der Waals surface area (Å²) in [6.45, 7) is 0.157. The Morgan fingerprint density at radius 3 is 2.61 bits per heavy atom. The van der Waals surface area contributed by atoms with Crippen molar-refractivity contribution in [1.29, 1.82) is 5.26 Å². The second kappa shape index (κ2) is 8.79. The van der Waals surface area contributed by atoms with E-state index in [-0.39, 0.29) is 6.54 Å². The predicted molar refractivity (Wildman–Crippen MR) is 117 cm³/mol. The van der Waals surface area contributed by atoms with Crippen molar-refractivity contribution in [2.45, 2.75) is 6.10 Å². The minimum absolute atomic E-state index is 0.157. The van der Waals surface area contributed by atoms with Gasteiger partial charge in [-0.15, -0.1) is 0 Å². The second-order valence-electron chi connectivity index (χ2n) is 7.03. The van der Waals surface area contributed by atoms with E-state index in [0.29, 0.717) is 17.2 Å². The van der Waals surface area contributed by atoms with Crippen molar-refractivity contribution in [3.8, 4) is 40.1 Å². The lowest BCUT2D eigenvalue weighted by Gasteiger charge is -2.13. The molecule has 1 unspecified atom stereocenters. The molecule has 0 aliphatic carbocycles. The van der Waals surface area contributed by atoms with Crippen LogP contribution in [-0.4, -0.2) is 26.4 Å². The first-order valence-electron chi connectivity index (χ1n) is 9.74. The molecule has 2 aromatic carbocycles. The highest BCUT2D eigenvalue weighted by atomic mass is 16.5. The van der Waals surface area contributed by atoms with Crippen LogP contribution in [0.2, 0.25) is 0 Å². The highest BCUT2D eigenvalue weighted by molar-refractivity contribution is 5.72. The van der Waals surface area contributed by atoms with Gasteiger partial charge in [-0.3, -0.25) is 4.98 Å². The minimum atomic E-state index is -0.703. The Balaban J connectivity index is 1.70. The number of aliphatic hydroxyl groups is 1. The zero-order valence-electron chi connectivity index (χ0n) is 16.9. The maximum Gasteiger partial charge on any atom is 0.218 e. The molecule has 2 heterocycles. The molecule has 0 aliphatic rings. The van der Waals surface area contributed by atoms with Gasteiger partial charge in [-0.25, -0.2) is 4.68 Å². The number of nitriles is 1. The molecular formula is C24H21N5O2. The molecule has 4 rings (SSSR count). The van der Waals surface area contributed by atoms with Crippen LogP contribution >= 0.6 is 0 Å². The summed E-state index contributed by atoms with van der Waals surface area (Å²) < 4.78 is 7.84. The van der Waals surface area contributed by atoms with Crippen molar-refractivity contribution in [3.05, 3.63) is 84.2 Å². The fourth-order valence-electron chi connectivity index (χ4n) is 3.25. The van der Waals surface area contributed by atoms with E-state index in [9.17, 15) is 10.4 Å². The van der Waals surface area contributed by atoms with E-state index in [1.165, 1.54) is 0 Å². The van der Waals surface area contributed by atoms with Gasteiger partial charge in [0.15, 0.2) is 0 Å². The monoisotopic (exact) mass is 411 g/mol. The summed E-state index contributed by atoms with van der Waals surface area (Å²) in [5.41, 5.74) is 10.1. The molecule has 0 amide bonds. The molecule has 3 N–H and O–H groups in total. The van der Waals surface area contributed by atoms with Gasteiger partial charge in [-0.05, 0) is 41.5 Å². The molecule has 2 aromatic heterocycles. The number of aromatic nitrogens is 3. The Morgan fingerprint density at radius 2 is 1.94 bits per heavy atom. The van der Waals surface area contributed by atoms with Crippen LogP contribution < -0.4 is 10.5 Å². The highest BCUT2D eigenvalue weighted by Gasteiger charge is 2.14. The molecule has 7 nitrogen and oxygen atoms in total. The van der Waals surface area contributed by atoms with Gasteiger partial charge in [-0.1, -0.05) is 24.3 Å². The van der Waals surface area contributed by atoms with E-state index in [0.717, 1.165) is 27.9 Å². The van der Waals surface area contributed by atoms with Crippen molar-refractivity contribution in [2.24, 2.45) is 12.8 Å². The number of aliphatic hydroxyl groups excluding tert-OH is 1. The highest BCUT2D eigenvalue weighted by Crippen LogP contribution is 2.35. The molecule has 0 spiro atoms. The number of aryl methyl sites for hydroxylation is 1. The molecule has 0 saturated carbocycles. The first kappa shape index (κ1) is 20.3. The molecule has 0 aliphatic heterocycles. The summed E-state index contributed by atoms with van der Waals surface area (Å²) in [5, 5.41) is 23.8. The fraction of sp³-hybridized carbons (Fsp3) is 0.125. The van der Waals surface area contributed by atoms with Crippen LogP contribution in [0.1, 0.15) is 17.2 Å². The number of hydrogen-bond acceptors (Lipinski definition) is 6. The summed E-state index contributed by atoms with van der Waals surface area (Å²) in [4.78, 5) is 4.13. The van der Waals surface area contributed by atoms with Gasteiger partial charge in [-0.2, -0.15) is 10.4 Å². The van der Waals surface area contributed by atoms with E-state index in [1.54, 1.807) is 36.3 Å². The summed E-state index contributed by atoms with van der Waals surface area (Å²) in [7, 11) is 1.80. The molecule has 7 heteroatoms. The van der Waals surface area contributed by atoms with Gasteiger partial charge < -0.3 is 15.6 Å². The van der Waals surface area contributed by atoms with Crippen molar-refractivity contribution in [2.75, 3.05) is 6.54 Å². The lowest BCUT2D eigenvalue weighted by atomic mass is 10.00. The smallest absolute Gasteiger partial charge is 0.218 e. The van der Waals surface area contributed by atoms with E-state index >= 15 is 0 Å². The Bertz CT molecular complexity index is 1230. The number of hydrogen-bond donors (Lipinski definition) is 2. The minimum Gasteiger partial charge on any atom is -0.439 e. The summed E-state index contributed by atoms with van der Waals surface area (Å²) in [6.07, 6.45) is 2.75. The van der Waals surface area contributed by atoms with Crippen LogP contribution in [0.15, 0.2) is 73.1 Å². The second-order valence-corrected chi connectivity index (χ2v) is 7.03. The van der Waals surface area contributed by atoms with Crippen LogP contribution in [0.25, 0.3) is 22.4 Å². The van der Waals surface area contributed by atoms with Crippen LogP contribution in [0.4, 0.5) is 0 Å². The van der Waals surface area contributed by atoms with Gasteiger partial charge in [0.05, 0.1) is 23.4 Å². The first-order chi connectivity index (χ1) is 15.1. The summed E-state index contributed by atoms with van der Waals surface area (Å²) in [6, 6.07) is 20.5. The zero-order chi connectivity index (χ0) is 21.8. The molecule has 154 valence electrons. The largest absolute Gasteiger partial charge is 0.439 e. The average molecular weight is 411 g/mol. The molecule has 0 radical (unpaired) electrons. The van der Waals surface area contributed by atoms with Crippen molar-refractivity contribution in [1.82, 2.24) is 14.8 Å². The SMILES string of the molecule is Cn1nc(-c2cccnc2)cc1Oc1cc(C#N)ccc1-c1ccc(C(O)CN)cc1. The number of nitrogens with zero attached hydrogens (tertiary/aromatic N) is 4. The maximum atomic E-state index is 9.94. The molecule has 31 heavy (non-hydrogen) atoms. The summed E-state index contributed by atoms with van der Waals surface area (Å²) in [5.74, 6) is 1.07. The molecule has 1 atom stereocenters. The number of benzene rings is 2. The Morgan fingerprint density at radius 1 is 1.13 bits per heavy atom. The Labute approximate surface area is 180 Å². The third-order valence-corrected chi connectivity index (χ3v) is 4.95. The zero-order valence-corrected chi connectivity index (χ0v) is 16.9. The first-order valence-corrected chi connectivity index (χ1v) is 9.74. The Kier molecular flexibility index (Phi) is 5.76. The predicted octanol–water partition coefficient (Wildman–Crippen LogP) is 3.81. The third kappa shape index (κ3) is 4.31. The van der Waals surface area contributed by atoms with Gasteiger partial charge >= 0.3 is 0 Å². The van der Waals surface area contributed by atoms with E-state index < -0.39 is 6.10 Å². The molecule has 4 aromatic rings. The number of pyridine rings is 1. The molecule has 0 fully saturated rings. The van der Waals surface area contributed by atoms with Gasteiger partial charge in [0, 0.05) is 43.2 Å². The topological polar surface area (TPSA) is 110 Å². The van der Waals surface area contributed by atoms with E-state index in [2.05, 4.69) is 16.2 Å². The number of rotatable bonds is 6. The number of nitrogens with two attached hydrogens (primary N) is 1. The third-order valence-electron chi connectivity index (χ3n) is 4.95. The fourth-order valence-corrected chi connectivity index (χ4v) is 3.25. The van der Waals surface area contributed by atoms with E-state index in [1.807, 2.05) is 48.5 Å². The van der Waals surface area contributed by atoms with Crippen LogP contribution in [0.3, 0.4) is 0 Å². The van der Waals surface area contributed by atoms with Crippen LogP contribution in [-0.2, 0) is 7.05 Å². The molecule has 0 saturated heterocycles. The number of ether oxygens (including phenoxy) is 1. The standard InChI is InChI=1S/C24H21N5O2/c1-29-24(12-21(28-29)19-3-2-10-27-15-19)31-23-11-16(13-25)4-9-20(23)17-5-7-18(8-6-17)22(30)14-26/h2-12,15,22,30H,14,26H2,1H3. The maximum absolute atomic E-state index is 9.94. The quantitative estimate of drug-likeness (QED) is 0.499. The average Bonchev–Trinajstić information content (AvgIpc) is 3.19. The van der Waals surface area contributed by atoms with Crippen molar-refractivity contribution in [3.63, 3.8) is 0 Å². The van der Waals surface area contributed by atoms with Gasteiger partial charge in [0.1, 0.15) is 5.75 Å². The van der Waals surface area contributed by atoms with Gasteiger partial charge in [0.25, 0.3) is 0 Å². The summed E-state index contributed by atoms with van der Waals surface area (Å²) >= 11 is 0. The lowest BCUT2D eigenvalue weighted by molar-refractivity contribution is 0.187. The van der Waals surface area contributed by atoms with E-state index in [4.69, 9.17) is 10.5 Å². The van der Waals surface area contributed by atoms with Crippen LogP contribution in [0.5, 0.6) is 11.6 Å². The van der Waals surface area contributed by atoms with Crippen molar-refractivity contribution >= 4 is 0 Å². The normalized spacial score (nSPS) is 11.7. The van der Waals surface area contributed by atoms with Crippen molar-refractivity contribution < 1.29 is 9.84 Å². The molecular weight excluding hydrogens is 390 g/mol. The lowest BCUT2D eigenvalue weighted by Crippen LogP contribution is -2.11. The molecule has 0 bridgehead atoms.